The molecule has 130 valence electrons. The highest BCUT2D eigenvalue weighted by Crippen LogP contribution is 2.46. The Morgan fingerprint density at radius 3 is 2.75 bits per heavy atom. The molecule has 0 unspecified atom stereocenters. The van der Waals surface area contributed by atoms with Crippen LogP contribution in [0.3, 0.4) is 0 Å². The normalized spacial score (nSPS) is 30.0. The van der Waals surface area contributed by atoms with Crippen LogP contribution in [0, 0.1) is 11.3 Å². The first-order chi connectivity index (χ1) is 11.6. The lowest BCUT2D eigenvalue weighted by atomic mass is 9.67. The highest BCUT2D eigenvalue weighted by Gasteiger charge is 2.43. The summed E-state index contributed by atoms with van der Waals surface area (Å²) in [7, 11) is 0. The van der Waals surface area contributed by atoms with Crippen molar-refractivity contribution in [1.82, 2.24) is 4.98 Å². The highest BCUT2D eigenvalue weighted by molar-refractivity contribution is 5.15. The van der Waals surface area contributed by atoms with E-state index in [2.05, 4.69) is 37.9 Å². The van der Waals surface area contributed by atoms with Gasteiger partial charge in [-0.25, -0.2) is 0 Å². The van der Waals surface area contributed by atoms with Gasteiger partial charge >= 0.3 is 0 Å². The molecule has 2 heterocycles. The van der Waals surface area contributed by atoms with Gasteiger partial charge in [0.25, 0.3) is 0 Å². The van der Waals surface area contributed by atoms with Crippen LogP contribution in [-0.2, 0) is 9.47 Å². The number of aromatic nitrogens is 1. The molecular formula is C21H29NO2. The zero-order valence-electron chi connectivity index (χ0n) is 15.1. The summed E-state index contributed by atoms with van der Waals surface area (Å²) in [5.41, 5.74) is 4.15. The van der Waals surface area contributed by atoms with Gasteiger partial charge in [-0.2, -0.15) is 0 Å². The number of allylic oxidation sites excluding steroid dienone is 4. The Bertz CT molecular complexity index is 594. The van der Waals surface area contributed by atoms with E-state index in [1.54, 1.807) is 11.8 Å². The summed E-state index contributed by atoms with van der Waals surface area (Å²) in [5.74, 6) is 0.596. The summed E-state index contributed by atoms with van der Waals surface area (Å²) in [6, 6.07) is 3.94. The third-order valence-electron chi connectivity index (χ3n) is 5.43. The number of nitrogens with zero attached hydrogens (tertiary/aromatic N) is 1. The molecule has 1 spiro atoms. The molecule has 1 aliphatic carbocycles. The first kappa shape index (κ1) is 17.4. The largest absolute Gasteiger partial charge is 0.348 e. The molecule has 3 nitrogen and oxygen atoms in total. The van der Waals surface area contributed by atoms with Crippen LogP contribution in [0.15, 0.2) is 47.8 Å². The molecule has 0 radical (unpaired) electrons. The summed E-state index contributed by atoms with van der Waals surface area (Å²) in [6.45, 7) is 8.23. The summed E-state index contributed by atoms with van der Waals surface area (Å²) < 4.78 is 12.1. The monoisotopic (exact) mass is 327 g/mol. The number of rotatable bonds is 4. The third-order valence-corrected chi connectivity index (χ3v) is 5.43. The van der Waals surface area contributed by atoms with E-state index in [9.17, 15) is 0 Å². The third kappa shape index (κ3) is 3.96. The Morgan fingerprint density at radius 2 is 2.12 bits per heavy atom. The van der Waals surface area contributed by atoms with Gasteiger partial charge in [0, 0.05) is 23.4 Å². The lowest BCUT2D eigenvalue weighted by molar-refractivity contribution is -0.245. The SMILES string of the molecule is CC(C)=CCCC1=CCC2(COC(c3cccnc3)OC2)[C@H](C)C1. The Labute approximate surface area is 145 Å². The summed E-state index contributed by atoms with van der Waals surface area (Å²) >= 11 is 0. The van der Waals surface area contributed by atoms with Crippen LogP contribution < -0.4 is 0 Å². The maximum absolute atomic E-state index is 6.07. The minimum absolute atomic E-state index is 0.138. The van der Waals surface area contributed by atoms with Crippen molar-refractivity contribution in [2.75, 3.05) is 13.2 Å². The van der Waals surface area contributed by atoms with Crippen LogP contribution in [0.2, 0.25) is 0 Å². The molecule has 0 N–H and O–H groups in total. The van der Waals surface area contributed by atoms with E-state index in [1.165, 1.54) is 18.4 Å². The zero-order chi connectivity index (χ0) is 17.0. The van der Waals surface area contributed by atoms with E-state index in [-0.39, 0.29) is 11.7 Å². The average molecular weight is 327 g/mol. The van der Waals surface area contributed by atoms with E-state index in [0.29, 0.717) is 5.92 Å². The molecule has 0 saturated carbocycles. The molecule has 3 heteroatoms. The van der Waals surface area contributed by atoms with Crippen molar-refractivity contribution in [3.63, 3.8) is 0 Å². The molecule has 3 rings (SSSR count). The van der Waals surface area contributed by atoms with E-state index in [4.69, 9.17) is 9.47 Å². The smallest absolute Gasteiger partial charge is 0.185 e. The zero-order valence-corrected chi connectivity index (χ0v) is 15.1. The van der Waals surface area contributed by atoms with Crippen molar-refractivity contribution in [2.45, 2.75) is 52.7 Å². The molecule has 1 saturated heterocycles. The van der Waals surface area contributed by atoms with Crippen LogP contribution in [0.1, 0.15) is 58.3 Å². The Kier molecular flexibility index (Phi) is 5.52. The second-order valence-corrected chi connectivity index (χ2v) is 7.59. The molecule has 1 atom stereocenters. The van der Waals surface area contributed by atoms with Crippen molar-refractivity contribution < 1.29 is 9.47 Å². The first-order valence-corrected chi connectivity index (χ1v) is 9.03. The summed E-state index contributed by atoms with van der Waals surface area (Å²) in [5, 5.41) is 0. The quantitative estimate of drug-likeness (QED) is 0.711. The molecule has 0 aromatic carbocycles. The predicted molar refractivity (Wildman–Crippen MR) is 96.5 cm³/mol. The number of pyridine rings is 1. The minimum atomic E-state index is -0.264. The summed E-state index contributed by atoms with van der Waals surface area (Å²) in [4.78, 5) is 4.16. The van der Waals surface area contributed by atoms with Crippen molar-refractivity contribution in [1.29, 1.82) is 0 Å². The highest BCUT2D eigenvalue weighted by atomic mass is 16.7. The average Bonchev–Trinajstić information content (AvgIpc) is 2.59. The second kappa shape index (κ2) is 7.62. The molecule has 2 aliphatic rings. The number of hydrogen-bond donors (Lipinski definition) is 0. The fourth-order valence-electron chi connectivity index (χ4n) is 3.68. The van der Waals surface area contributed by atoms with Gasteiger partial charge in [0.15, 0.2) is 6.29 Å². The lowest BCUT2D eigenvalue weighted by Crippen LogP contribution is -2.44. The van der Waals surface area contributed by atoms with E-state index in [0.717, 1.165) is 31.6 Å². The van der Waals surface area contributed by atoms with Crippen LogP contribution in [0.4, 0.5) is 0 Å². The maximum Gasteiger partial charge on any atom is 0.185 e. The Balaban J connectivity index is 1.58. The molecule has 1 aliphatic heterocycles. The molecule has 24 heavy (non-hydrogen) atoms. The van der Waals surface area contributed by atoms with E-state index >= 15 is 0 Å². The van der Waals surface area contributed by atoms with Gasteiger partial charge in [-0.1, -0.05) is 36.3 Å². The van der Waals surface area contributed by atoms with Crippen molar-refractivity contribution in [3.8, 4) is 0 Å². The van der Waals surface area contributed by atoms with Crippen LogP contribution >= 0.6 is 0 Å². The molecule has 0 bridgehead atoms. The van der Waals surface area contributed by atoms with Gasteiger partial charge in [0.05, 0.1) is 13.2 Å². The van der Waals surface area contributed by atoms with Crippen LogP contribution in [0.25, 0.3) is 0 Å². The van der Waals surface area contributed by atoms with Gasteiger partial charge in [0.2, 0.25) is 0 Å². The van der Waals surface area contributed by atoms with Gasteiger partial charge in [-0.3, -0.25) is 4.98 Å². The number of hydrogen-bond acceptors (Lipinski definition) is 3. The minimum Gasteiger partial charge on any atom is -0.348 e. The van der Waals surface area contributed by atoms with Crippen molar-refractivity contribution in [3.05, 3.63) is 53.4 Å². The lowest BCUT2D eigenvalue weighted by Gasteiger charge is -2.46. The maximum atomic E-state index is 6.07. The Hall–Kier alpha value is -1.45. The van der Waals surface area contributed by atoms with Crippen LogP contribution in [0.5, 0.6) is 0 Å². The van der Waals surface area contributed by atoms with E-state index in [1.807, 2.05) is 18.3 Å². The first-order valence-electron chi connectivity index (χ1n) is 9.03. The van der Waals surface area contributed by atoms with E-state index < -0.39 is 0 Å². The Morgan fingerprint density at radius 1 is 1.33 bits per heavy atom. The van der Waals surface area contributed by atoms with Crippen LogP contribution in [-0.4, -0.2) is 18.2 Å². The standard InChI is InChI=1S/C21H29NO2/c1-16(2)6-4-7-18-9-10-21(17(3)12-18)14-23-20(24-15-21)19-8-5-11-22-13-19/h5-6,8-9,11,13,17,20H,4,7,10,12,14-15H2,1-3H3/t17-,20?,21?/m1/s1. The second-order valence-electron chi connectivity index (χ2n) is 7.59. The molecule has 1 fully saturated rings. The number of ether oxygens (including phenoxy) is 2. The fourth-order valence-corrected chi connectivity index (χ4v) is 3.68. The molecular weight excluding hydrogens is 298 g/mol. The van der Waals surface area contributed by atoms with Gasteiger partial charge in [-0.15, -0.1) is 0 Å². The van der Waals surface area contributed by atoms with Crippen molar-refractivity contribution >= 4 is 0 Å². The van der Waals surface area contributed by atoms with Gasteiger partial charge in [0.1, 0.15) is 0 Å². The molecule has 1 aromatic rings. The summed E-state index contributed by atoms with van der Waals surface area (Å²) in [6.07, 6.45) is 12.7. The predicted octanol–water partition coefficient (Wildman–Crippen LogP) is 5.22. The molecule has 1 aromatic heterocycles. The van der Waals surface area contributed by atoms with Gasteiger partial charge < -0.3 is 9.47 Å². The van der Waals surface area contributed by atoms with Gasteiger partial charge in [-0.05, 0) is 51.5 Å². The van der Waals surface area contributed by atoms with Crippen molar-refractivity contribution in [2.24, 2.45) is 11.3 Å². The fraction of sp³-hybridized carbons (Fsp3) is 0.571. The molecule has 0 amide bonds. The topological polar surface area (TPSA) is 31.4 Å².